The van der Waals surface area contributed by atoms with Crippen molar-refractivity contribution in [1.82, 2.24) is 15.1 Å². The van der Waals surface area contributed by atoms with E-state index in [9.17, 15) is 24.9 Å². The molecule has 0 radical (unpaired) electrons. The summed E-state index contributed by atoms with van der Waals surface area (Å²) in [5, 5.41) is 41.0. The number of phenols is 1. The van der Waals surface area contributed by atoms with Crippen molar-refractivity contribution in [2.24, 2.45) is 11.7 Å². The van der Waals surface area contributed by atoms with Gasteiger partial charge in [-0.2, -0.15) is 5.10 Å². The number of fused-ring (bicyclic) bond motifs is 4. The number of likely N-dealkylation sites (N-methyl/N-ethyl adjacent to an activating group) is 1. The zero-order valence-electron chi connectivity index (χ0n) is 18.9. The van der Waals surface area contributed by atoms with Crippen molar-refractivity contribution in [3.05, 3.63) is 40.3 Å². The van der Waals surface area contributed by atoms with Gasteiger partial charge in [-0.15, -0.1) is 0 Å². The van der Waals surface area contributed by atoms with Gasteiger partial charge in [-0.3, -0.25) is 19.6 Å². The molecule has 1 aromatic carbocycles. The van der Waals surface area contributed by atoms with E-state index in [-0.39, 0.29) is 17.4 Å². The van der Waals surface area contributed by atoms with Crippen LogP contribution in [0.1, 0.15) is 29.2 Å². The summed E-state index contributed by atoms with van der Waals surface area (Å²) in [6.07, 6.45) is 0.924. The topological polar surface area (TPSA) is 156 Å². The minimum Gasteiger partial charge on any atom is -0.508 e. The molecule has 1 amide bonds. The summed E-state index contributed by atoms with van der Waals surface area (Å²) >= 11 is 0. The number of nitrogens with two attached hydrogens (primary N) is 1. The van der Waals surface area contributed by atoms with Gasteiger partial charge in [0.05, 0.1) is 17.4 Å². The number of aromatic amines is 1. The van der Waals surface area contributed by atoms with Crippen LogP contribution in [0.15, 0.2) is 23.5 Å². The number of phenolic OH excluding ortho intramolecular Hbond substituents is 1. The number of hydrogen-bond donors (Lipinski definition) is 5. The summed E-state index contributed by atoms with van der Waals surface area (Å²) in [7, 11) is 7.23. The Morgan fingerprint density at radius 3 is 2.55 bits per heavy atom. The first kappa shape index (κ1) is 21.5. The number of ketones is 1. The van der Waals surface area contributed by atoms with Crippen LogP contribution in [0.5, 0.6) is 5.75 Å². The average molecular weight is 453 g/mol. The van der Waals surface area contributed by atoms with Gasteiger partial charge in [0.2, 0.25) is 0 Å². The number of H-pyrrole nitrogens is 1. The minimum atomic E-state index is -2.05. The van der Waals surface area contributed by atoms with Crippen molar-refractivity contribution in [1.29, 1.82) is 0 Å². The van der Waals surface area contributed by atoms with E-state index in [4.69, 9.17) is 5.73 Å². The fourth-order valence-electron chi connectivity index (χ4n) is 6.08. The van der Waals surface area contributed by atoms with Crippen LogP contribution in [-0.4, -0.2) is 76.3 Å². The number of hydrogen-bond acceptors (Lipinski definition) is 8. The number of primary amides is 1. The monoisotopic (exact) mass is 453 g/mol. The molecule has 0 bridgehead atoms. The summed E-state index contributed by atoms with van der Waals surface area (Å²) in [5.74, 6) is -3.23. The lowest BCUT2D eigenvalue weighted by molar-refractivity contribution is -0.138. The molecule has 0 unspecified atom stereocenters. The zero-order chi connectivity index (χ0) is 24.0. The molecule has 0 fully saturated rings. The van der Waals surface area contributed by atoms with Crippen molar-refractivity contribution in [2.75, 3.05) is 33.1 Å². The Kier molecular flexibility index (Phi) is 4.44. The van der Waals surface area contributed by atoms with Crippen molar-refractivity contribution >= 4 is 17.4 Å². The number of Topliss-reactive ketones (excluding diaryl/α,β-unsaturated/α-hetero) is 1. The molecule has 3 aliphatic rings. The Morgan fingerprint density at radius 1 is 1.24 bits per heavy atom. The highest BCUT2D eigenvalue weighted by Gasteiger charge is 2.61. The van der Waals surface area contributed by atoms with E-state index < -0.39 is 40.6 Å². The van der Waals surface area contributed by atoms with Gasteiger partial charge in [-0.05, 0) is 50.6 Å². The summed E-state index contributed by atoms with van der Waals surface area (Å²) in [4.78, 5) is 28.9. The molecule has 0 spiro atoms. The predicted octanol–water partition coefficient (Wildman–Crippen LogP) is 0.506. The first-order chi connectivity index (χ1) is 15.5. The van der Waals surface area contributed by atoms with Gasteiger partial charge < -0.3 is 26.0 Å². The molecule has 10 nitrogen and oxygen atoms in total. The molecular weight excluding hydrogens is 426 g/mol. The van der Waals surface area contributed by atoms with Crippen LogP contribution in [0.25, 0.3) is 11.3 Å². The molecule has 0 aliphatic heterocycles. The maximum atomic E-state index is 13.2. The number of aromatic hydroxyl groups is 1. The van der Waals surface area contributed by atoms with Gasteiger partial charge in [-0.1, -0.05) is 0 Å². The number of amides is 1. The zero-order valence-corrected chi connectivity index (χ0v) is 18.9. The van der Waals surface area contributed by atoms with Crippen LogP contribution in [-0.2, 0) is 21.6 Å². The van der Waals surface area contributed by atoms with Crippen molar-refractivity contribution < 1.29 is 24.9 Å². The van der Waals surface area contributed by atoms with E-state index in [1.54, 1.807) is 25.1 Å². The van der Waals surface area contributed by atoms with Gasteiger partial charge in [-0.25, -0.2) is 0 Å². The summed E-state index contributed by atoms with van der Waals surface area (Å²) in [5.41, 5.74) is 6.66. The van der Waals surface area contributed by atoms with E-state index in [1.807, 2.05) is 25.1 Å². The number of nitrogens with zero attached hydrogens (tertiary/aromatic N) is 3. The molecule has 0 saturated carbocycles. The number of anilines is 1. The smallest absolute Gasteiger partial charge is 0.255 e. The van der Waals surface area contributed by atoms with Crippen molar-refractivity contribution in [2.45, 2.75) is 30.4 Å². The van der Waals surface area contributed by atoms with Crippen LogP contribution in [0.2, 0.25) is 0 Å². The Bertz CT molecular complexity index is 1250. The minimum absolute atomic E-state index is 0.0695. The molecule has 3 aliphatic carbocycles. The molecule has 1 aromatic heterocycles. The lowest BCUT2D eigenvalue weighted by atomic mass is 9.59. The number of nitrogens with one attached hydrogen (secondary N) is 1. The van der Waals surface area contributed by atoms with E-state index in [0.717, 1.165) is 11.3 Å². The van der Waals surface area contributed by atoms with Crippen LogP contribution in [0.4, 0.5) is 5.69 Å². The summed E-state index contributed by atoms with van der Waals surface area (Å²) in [6.45, 7) is 0. The fourth-order valence-corrected chi connectivity index (χ4v) is 6.08. The van der Waals surface area contributed by atoms with E-state index in [1.165, 1.54) is 0 Å². The second kappa shape index (κ2) is 6.82. The second-order valence-corrected chi connectivity index (χ2v) is 9.58. The summed E-state index contributed by atoms with van der Waals surface area (Å²) in [6, 6.07) is 2.60. The average Bonchev–Trinajstić information content (AvgIpc) is 3.17. The number of benzene rings is 1. The third-order valence-corrected chi connectivity index (χ3v) is 7.40. The largest absolute Gasteiger partial charge is 0.508 e. The maximum Gasteiger partial charge on any atom is 0.255 e. The molecule has 2 aromatic rings. The highest BCUT2D eigenvalue weighted by molar-refractivity contribution is 6.22. The standard InChI is InChI=1S/C23H27N5O5/c1-27(2)12-5-6-13(29)15-10(12)7-9-8-11-18(28(3)4)19(30)16(22(24)32)21(31)23(11,33)20-14(9)17(15)25-26-20/h5-6,9,11,18,29,31,33H,7-8H2,1-4H3,(H2,24,32)(H,25,26)/t9-,11-,18+,23-/m1/s1. The van der Waals surface area contributed by atoms with Crippen molar-refractivity contribution in [3.63, 3.8) is 0 Å². The number of carbonyl (C=O) groups is 2. The maximum absolute atomic E-state index is 13.2. The number of carbonyl (C=O) groups excluding carboxylic acids is 2. The van der Waals surface area contributed by atoms with Crippen LogP contribution in [0, 0.1) is 5.92 Å². The number of aliphatic hydroxyl groups excluding tert-OH is 1. The molecule has 1 heterocycles. The third kappa shape index (κ3) is 2.58. The van der Waals surface area contributed by atoms with Crippen LogP contribution in [0.3, 0.4) is 0 Å². The molecule has 33 heavy (non-hydrogen) atoms. The normalized spacial score (nSPS) is 27.8. The van der Waals surface area contributed by atoms with Crippen LogP contribution >= 0.6 is 0 Å². The van der Waals surface area contributed by atoms with Gasteiger partial charge in [0.25, 0.3) is 5.91 Å². The Labute approximate surface area is 190 Å². The van der Waals surface area contributed by atoms with Gasteiger partial charge in [0.1, 0.15) is 17.1 Å². The number of rotatable bonds is 3. The fraction of sp³-hybridized carbons (Fsp3) is 0.435. The first-order valence-corrected chi connectivity index (χ1v) is 10.8. The Balaban J connectivity index is 1.81. The van der Waals surface area contributed by atoms with Gasteiger partial charge >= 0.3 is 0 Å². The molecule has 5 rings (SSSR count). The highest BCUT2D eigenvalue weighted by Crippen LogP contribution is 2.58. The second-order valence-electron chi connectivity index (χ2n) is 9.58. The van der Waals surface area contributed by atoms with Crippen LogP contribution < -0.4 is 10.6 Å². The first-order valence-electron chi connectivity index (χ1n) is 10.8. The van der Waals surface area contributed by atoms with Gasteiger partial charge in [0.15, 0.2) is 11.4 Å². The van der Waals surface area contributed by atoms with E-state index in [0.29, 0.717) is 29.7 Å². The number of aromatic nitrogens is 2. The van der Waals surface area contributed by atoms with E-state index in [2.05, 4.69) is 10.2 Å². The van der Waals surface area contributed by atoms with Gasteiger partial charge in [0, 0.05) is 36.8 Å². The SMILES string of the molecule is CN(C)c1ccc(O)c2c1C[C@@H]1C[C@@H]3[C@H](N(C)C)C(=O)C(C(N)=O)=C(O)[C@]3(O)c3[nH]nc-2c31. The van der Waals surface area contributed by atoms with E-state index >= 15 is 0 Å². The molecule has 0 saturated heterocycles. The third-order valence-electron chi connectivity index (χ3n) is 7.40. The summed E-state index contributed by atoms with van der Waals surface area (Å²) < 4.78 is 0. The Hall–Kier alpha value is -3.37. The molecule has 6 N–H and O–H groups in total. The predicted molar refractivity (Wildman–Crippen MR) is 120 cm³/mol. The molecule has 4 atom stereocenters. The quantitative estimate of drug-likeness (QED) is 0.421. The number of aliphatic hydroxyl groups is 2. The lowest BCUT2D eigenvalue weighted by Gasteiger charge is -2.50. The molecular formula is C23H27N5O5. The molecule has 174 valence electrons. The molecule has 10 heteroatoms. The highest BCUT2D eigenvalue weighted by atomic mass is 16.3. The lowest BCUT2D eigenvalue weighted by Crippen LogP contribution is -2.60. The van der Waals surface area contributed by atoms with Crippen molar-refractivity contribution in [3.8, 4) is 17.0 Å². The Morgan fingerprint density at radius 2 is 1.94 bits per heavy atom.